The second kappa shape index (κ2) is 5.55. The number of rotatable bonds is 3. The van der Waals surface area contributed by atoms with Crippen LogP contribution in [0.1, 0.15) is 12.8 Å². The van der Waals surface area contributed by atoms with E-state index in [2.05, 4.69) is 5.32 Å². The molecule has 0 radical (unpaired) electrons. The number of halogens is 4. The number of amides is 1. The molecule has 3 nitrogen and oxygen atoms in total. The first-order chi connectivity index (χ1) is 6.40. The molecular formula is C8H14ClF3N2O. The van der Waals surface area contributed by atoms with Crippen molar-refractivity contribution in [3.05, 3.63) is 0 Å². The van der Waals surface area contributed by atoms with Gasteiger partial charge in [0.1, 0.15) is 0 Å². The van der Waals surface area contributed by atoms with Gasteiger partial charge in [-0.05, 0) is 0 Å². The fourth-order valence-corrected chi connectivity index (χ4v) is 1.18. The van der Waals surface area contributed by atoms with Gasteiger partial charge in [-0.3, -0.25) is 4.79 Å². The highest BCUT2D eigenvalue weighted by molar-refractivity contribution is 5.85. The molecule has 90 valence electrons. The summed E-state index contributed by atoms with van der Waals surface area (Å²) in [5.74, 6) is -0.436. The highest BCUT2D eigenvalue weighted by atomic mass is 35.5. The minimum atomic E-state index is -4.24. The Bertz CT molecular complexity index is 218. The Balaban J connectivity index is 0.00000196. The highest BCUT2D eigenvalue weighted by Gasteiger charge is 2.31. The number of hydrogen-bond acceptors (Lipinski definition) is 2. The van der Waals surface area contributed by atoms with Crippen LogP contribution in [0, 0.1) is 0 Å². The fourth-order valence-electron chi connectivity index (χ4n) is 1.18. The second-order valence-electron chi connectivity index (χ2n) is 3.43. The third-order valence-electron chi connectivity index (χ3n) is 2.32. The van der Waals surface area contributed by atoms with Crippen LogP contribution in [0.25, 0.3) is 0 Å². The number of carbonyl (C=O) groups is 1. The molecule has 0 aromatic carbocycles. The van der Waals surface area contributed by atoms with Crippen LogP contribution in [0.5, 0.6) is 0 Å². The Labute approximate surface area is 92.4 Å². The molecule has 0 bridgehead atoms. The molecule has 1 amide bonds. The predicted molar refractivity (Wildman–Crippen MR) is 52.0 cm³/mol. The molecule has 1 rings (SSSR count). The van der Waals surface area contributed by atoms with Gasteiger partial charge >= 0.3 is 6.18 Å². The van der Waals surface area contributed by atoms with Crippen LogP contribution >= 0.6 is 12.4 Å². The van der Waals surface area contributed by atoms with E-state index in [0.29, 0.717) is 13.1 Å². The molecule has 1 aliphatic rings. The Hall–Kier alpha value is -0.490. The summed E-state index contributed by atoms with van der Waals surface area (Å²) in [6, 6.07) is 0.0655. The quantitative estimate of drug-likeness (QED) is 0.811. The number of likely N-dealkylation sites (N-methyl/N-ethyl adjacent to an activating group) is 1. The SMILES string of the molecule is CN(C(=O)CCC(F)(F)F)C1CNC1.Cl. The van der Waals surface area contributed by atoms with Crippen LogP contribution in [0.4, 0.5) is 13.2 Å². The summed E-state index contributed by atoms with van der Waals surface area (Å²) < 4.78 is 35.4. The van der Waals surface area contributed by atoms with Crippen LogP contribution in [-0.4, -0.2) is 43.2 Å². The molecule has 1 N–H and O–H groups in total. The Morgan fingerprint density at radius 1 is 1.47 bits per heavy atom. The molecule has 1 aliphatic heterocycles. The van der Waals surface area contributed by atoms with Crippen molar-refractivity contribution in [2.75, 3.05) is 20.1 Å². The molecule has 15 heavy (non-hydrogen) atoms. The van der Waals surface area contributed by atoms with Crippen LogP contribution in [0.3, 0.4) is 0 Å². The van der Waals surface area contributed by atoms with Crippen molar-refractivity contribution in [3.8, 4) is 0 Å². The van der Waals surface area contributed by atoms with E-state index in [1.807, 2.05) is 0 Å². The van der Waals surface area contributed by atoms with Crippen molar-refractivity contribution >= 4 is 18.3 Å². The third-order valence-corrected chi connectivity index (χ3v) is 2.32. The number of nitrogens with one attached hydrogen (secondary N) is 1. The average Bonchev–Trinajstić information content (AvgIpc) is 1.95. The minimum Gasteiger partial charge on any atom is -0.340 e. The zero-order chi connectivity index (χ0) is 10.8. The summed E-state index contributed by atoms with van der Waals surface area (Å²) in [7, 11) is 1.55. The fraction of sp³-hybridized carbons (Fsp3) is 0.875. The van der Waals surface area contributed by atoms with E-state index in [0.717, 1.165) is 0 Å². The molecule has 1 fully saturated rings. The summed E-state index contributed by atoms with van der Waals surface area (Å²) in [5, 5.41) is 2.95. The lowest BCUT2D eigenvalue weighted by Crippen LogP contribution is -2.57. The molecule has 0 spiro atoms. The van der Waals surface area contributed by atoms with Gasteiger partial charge in [-0.1, -0.05) is 0 Å². The van der Waals surface area contributed by atoms with Gasteiger partial charge in [-0.2, -0.15) is 13.2 Å². The number of carbonyl (C=O) groups excluding carboxylic acids is 1. The Morgan fingerprint density at radius 3 is 2.33 bits per heavy atom. The Kier molecular flexibility index (Phi) is 5.37. The smallest absolute Gasteiger partial charge is 0.340 e. The molecule has 0 aliphatic carbocycles. The molecule has 1 saturated heterocycles. The van der Waals surface area contributed by atoms with E-state index < -0.39 is 24.9 Å². The van der Waals surface area contributed by atoms with E-state index in [1.54, 1.807) is 7.05 Å². The van der Waals surface area contributed by atoms with Crippen LogP contribution in [0.15, 0.2) is 0 Å². The summed E-state index contributed by atoms with van der Waals surface area (Å²) in [4.78, 5) is 12.6. The predicted octanol–water partition coefficient (Wildman–Crippen LogP) is 1.18. The Morgan fingerprint density at radius 2 is 2.00 bits per heavy atom. The molecule has 0 atom stereocenters. The zero-order valence-electron chi connectivity index (χ0n) is 8.30. The molecule has 0 aromatic rings. The summed E-state index contributed by atoms with van der Waals surface area (Å²) in [6.45, 7) is 1.35. The van der Waals surface area contributed by atoms with E-state index in [9.17, 15) is 18.0 Å². The van der Waals surface area contributed by atoms with Crippen LogP contribution < -0.4 is 5.32 Å². The third kappa shape index (κ3) is 4.70. The normalized spacial score (nSPS) is 16.5. The van der Waals surface area contributed by atoms with Crippen LogP contribution in [-0.2, 0) is 4.79 Å². The van der Waals surface area contributed by atoms with E-state index in [-0.39, 0.29) is 18.4 Å². The second-order valence-corrected chi connectivity index (χ2v) is 3.43. The topological polar surface area (TPSA) is 32.3 Å². The number of alkyl halides is 3. The van der Waals surface area contributed by atoms with E-state index in [1.165, 1.54) is 4.90 Å². The molecule has 0 unspecified atom stereocenters. The van der Waals surface area contributed by atoms with Gasteiger partial charge in [0.05, 0.1) is 12.5 Å². The summed E-state index contributed by atoms with van der Waals surface area (Å²) >= 11 is 0. The summed E-state index contributed by atoms with van der Waals surface area (Å²) in [6.07, 6.45) is -5.72. The maximum atomic E-state index is 11.8. The van der Waals surface area contributed by atoms with Crippen molar-refractivity contribution in [2.24, 2.45) is 0 Å². The lowest BCUT2D eigenvalue weighted by atomic mass is 10.1. The standard InChI is InChI=1S/C8H13F3N2O.ClH/c1-13(6-4-12-5-6)7(14)2-3-8(9,10)11;/h6,12H,2-5H2,1H3;1H. The van der Waals surface area contributed by atoms with Gasteiger partial charge in [0, 0.05) is 26.6 Å². The largest absolute Gasteiger partial charge is 0.389 e. The van der Waals surface area contributed by atoms with Gasteiger partial charge in [-0.15, -0.1) is 12.4 Å². The number of nitrogens with zero attached hydrogens (tertiary/aromatic N) is 1. The van der Waals surface area contributed by atoms with Crippen molar-refractivity contribution in [2.45, 2.75) is 25.1 Å². The van der Waals surface area contributed by atoms with Gasteiger partial charge in [-0.25, -0.2) is 0 Å². The first kappa shape index (κ1) is 14.5. The lowest BCUT2D eigenvalue weighted by molar-refractivity contribution is -0.150. The highest BCUT2D eigenvalue weighted by Crippen LogP contribution is 2.22. The van der Waals surface area contributed by atoms with Crippen molar-refractivity contribution in [3.63, 3.8) is 0 Å². The maximum absolute atomic E-state index is 11.8. The van der Waals surface area contributed by atoms with Gasteiger partial charge < -0.3 is 10.2 Å². The molecule has 0 aromatic heterocycles. The average molecular weight is 247 g/mol. The number of hydrogen-bond donors (Lipinski definition) is 1. The summed E-state index contributed by atoms with van der Waals surface area (Å²) in [5.41, 5.74) is 0. The van der Waals surface area contributed by atoms with Crippen molar-refractivity contribution < 1.29 is 18.0 Å². The monoisotopic (exact) mass is 246 g/mol. The van der Waals surface area contributed by atoms with Gasteiger partial charge in [0.15, 0.2) is 0 Å². The minimum absolute atomic E-state index is 0. The first-order valence-electron chi connectivity index (χ1n) is 4.43. The van der Waals surface area contributed by atoms with E-state index in [4.69, 9.17) is 0 Å². The zero-order valence-corrected chi connectivity index (χ0v) is 9.12. The molecule has 7 heteroatoms. The molecule has 1 heterocycles. The first-order valence-corrected chi connectivity index (χ1v) is 4.43. The lowest BCUT2D eigenvalue weighted by Gasteiger charge is -2.35. The van der Waals surface area contributed by atoms with Crippen LogP contribution in [0.2, 0.25) is 0 Å². The van der Waals surface area contributed by atoms with Gasteiger partial charge in [0.25, 0.3) is 0 Å². The maximum Gasteiger partial charge on any atom is 0.389 e. The van der Waals surface area contributed by atoms with E-state index >= 15 is 0 Å². The van der Waals surface area contributed by atoms with Crippen molar-refractivity contribution in [1.82, 2.24) is 10.2 Å². The van der Waals surface area contributed by atoms with Gasteiger partial charge in [0.2, 0.25) is 5.91 Å². The molecule has 0 saturated carbocycles. The molecular weight excluding hydrogens is 233 g/mol. The van der Waals surface area contributed by atoms with Crippen molar-refractivity contribution in [1.29, 1.82) is 0 Å².